The van der Waals surface area contributed by atoms with Gasteiger partial charge in [-0.25, -0.2) is 9.97 Å². The number of imidazole rings is 1. The van der Waals surface area contributed by atoms with Gasteiger partial charge < -0.3 is 19.7 Å². The molecular weight excluding hydrogens is 394 g/mol. The number of aromatic nitrogens is 4. The third-order valence-electron chi connectivity index (χ3n) is 5.68. The van der Waals surface area contributed by atoms with Crippen LogP contribution < -0.4 is 4.74 Å². The number of benzene rings is 1. The number of likely N-dealkylation sites (tertiary alicyclic amines) is 1. The second-order valence-electron chi connectivity index (χ2n) is 8.28. The van der Waals surface area contributed by atoms with Crippen LogP contribution >= 0.6 is 0 Å². The molecule has 0 spiro atoms. The summed E-state index contributed by atoms with van der Waals surface area (Å²) >= 11 is 0. The molecular formula is C23H25N5O3. The third-order valence-corrected chi connectivity index (χ3v) is 5.68. The number of aliphatic hydroxyl groups is 1. The molecule has 2 atom stereocenters. The fourth-order valence-corrected chi connectivity index (χ4v) is 4.39. The lowest BCUT2D eigenvalue weighted by Gasteiger charge is -2.22. The largest absolute Gasteiger partial charge is 0.491 e. The van der Waals surface area contributed by atoms with E-state index in [0.29, 0.717) is 13.0 Å². The number of H-pyrrole nitrogens is 1. The van der Waals surface area contributed by atoms with E-state index in [4.69, 9.17) is 9.72 Å². The summed E-state index contributed by atoms with van der Waals surface area (Å²) in [6, 6.07) is 9.48. The Morgan fingerprint density at radius 1 is 1.23 bits per heavy atom. The van der Waals surface area contributed by atoms with Gasteiger partial charge in [0.2, 0.25) is 5.91 Å². The molecule has 1 aromatic carbocycles. The molecule has 0 unspecified atom stereocenters. The summed E-state index contributed by atoms with van der Waals surface area (Å²) in [5.74, 6) is 1.45. The van der Waals surface area contributed by atoms with Gasteiger partial charge in [0.05, 0.1) is 41.2 Å². The maximum absolute atomic E-state index is 12.3. The minimum Gasteiger partial charge on any atom is -0.491 e. The number of aliphatic hydroxyl groups excluding tert-OH is 1. The number of β-amino-alcohol motifs (C(OH)–C–C–N with tert-alkyl or cyclic N) is 1. The number of fused-ring (bicyclic) bond motifs is 3. The molecule has 8 heteroatoms. The van der Waals surface area contributed by atoms with Gasteiger partial charge in [0.1, 0.15) is 11.6 Å². The zero-order valence-corrected chi connectivity index (χ0v) is 17.7. The van der Waals surface area contributed by atoms with E-state index in [2.05, 4.69) is 9.97 Å². The van der Waals surface area contributed by atoms with Crippen LogP contribution in [-0.4, -0.2) is 54.0 Å². The highest BCUT2D eigenvalue weighted by molar-refractivity contribution is 5.84. The molecule has 8 nitrogen and oxygen atoms in total. The smallest absolute Gasteiger partial charge is 0.220 e. The highest BCUT2D eigenvalue weighted by Gasteiger charge is 2.37. The zero-order chi connectivity index (χ0) is 21.7. The first kappa shape index (κ1) is 19.6. The lowest BCUT2D eigenvalue weighted by molar-refractivity contribution is -0.130. The molecule has 0 bridgehead atoms. The van der Waals surface area contributed by atoms with Crippen molar-refractivity contribution in [3.63, 3.8) is 0 Å². The van der Waals surface area contributed by atoms with Crippen LogP contribution in [0.5, 0.6) is 5.75 Å². The SMILES string of the molecule is CC(=O)N1C[C@H](O)C[C@@H]1c1nc(-c2ccc(OC(C)C)cc2)c2cnc3[nH]ccc3n12. The van der Waals surface area contributed by atoms with Gasteiger partial charge in [-0.15, -0.1) is 0 Å². The first-order valence-electron chi connectivity index (χ1n) is 10.5. The van der Waals surface area contributed by atoms with Gasteiger partial charge in [0.25, 0.3) is 0 Å². The second kappa shape index (κ2) is 7.39. The summed E-state index contributed by atoms with van der Waals surface area (Å²) in [6.07, 6.45) is 3.62. The quantitative estimate of drug-likeness (QED) is 0.529. The fraction of sp³-hybridized carbons (Fsp3) is 0.348. The number of carbonyl (C=O) groups is 1. The van der Waals surface area contributed by atoms with E-state index in [1.54, 1.807) is 11.1 Å². The van der Waals surface area contributed by atoms with Crippen LogP contribution in [0.25, 0.3) is 27.9 Å². The molecule has 2 N–H and O–H groups in total. The van der Waals surface area contributed by atoms with Crippen molar-refractivity contribution >= 4 is 22.6 Å². The summed E-state index contributed by atoms with van der Waals surface area (Å²) in [5, 5.41) is 10.3. The van der Waals surface area contributed by atoms with E-state index >= 15 is 0 Å². The maximum Gasteiger partial charge on any atom is 0.220 e. The van der Waals surface area contributed by atoms with Gasteiger partial charge in [0.15, 0.2) is 5.65 Å². The van der Waals surface area contributed by atoms with Crippen molar-refractivity contribution in [2.75, 3.05) is 6.54 Å². The average Bonchev–Trinajstić information content (AvgIpc) is 3.43. The Hall–Kier alpha value is -3.39. The summed E-state index contributed by atoms with van der Waals surface area (Å²) < 4.78 is 7.81. The van der Waals surface area contributed by atoms with Crippen LogP contribution in [0.3, 0.4) is 0 Å². The van der Waals surface area contributed by atoms with E-state index in [1.165, 1.54) is 6.92 Å². The Morgan fingerprint density at radius 3 is 2.71 bits per heavy atom. The molecule has 1 amide bonds. The van der Waals surface area contributed by atoms with Gasteiger partial charge in [-0.2, -0.15) is 0 Å². The minimum atomic E-state index is -0.569. The number of hydrogen-bond donors (Lipinski definition) is 2. The topological polar surface area (TPSA) is 95.8 Å². The number of aromatic amines is 1. The summed E-state index contributed by atoms with van der Waals surface area (Å²) in [5.41, 5.74) is 4.20. The van der Waals surface area contributed by atoms with Gasteiger partial charge in [-0.1, -0.05) is 0 Å². The van der Waals surface area contributed by atoms with Crippen LogP contribution in [0.1, 0.15) is 39.1 Å². The summed E-state index contributed by atoms with van der Waals surface area (Å²) in [4.78, 5) is 26.7. The first-order chi connectivity index (χ1) is 14.9. The number of rotatable bonds is 4. The maximum atomic E-state index is 12.3. The standard InChI is InChI=1S/C23H25N5O3/c1-13(2)31-17-6-4-15(5-7-17)21-20-11-25-22-18(8-9-24-22)28(20)23(26-21)19-10-16(30)12-27(19)14(3)29/h4-9,11,13,16,19,24,30H,10,12H2,1-3H3/t16-,19-/m1/s1. The predicted molar refractivity (Wildman–Crippen MR) is 117 cm³/mol. The van der Waals surface area contributed by atoms with Gasteiger partial charge in [-0.3, -0.25) is 9.20 Å². The summed E-state index contributed by atoms with van der Waals surface area (Å²) in [6.45, 7) is 5.83. The predicted octanol–water partition coefficient (Wildman–Crippen LogP) is 3.32. The summed E-state index contributed by atoms with van der Waals surface area (Å²) in [7, 11) is 0. The molecule has 0 radical (unpaired) electrons. The van der Waals surface area contributed by atoms with E-state index in [1.807, 2.05) is 54.8 Å². The van der Waals surface area contributed by atoms with Gasteiger partial charge in [-0.05, 0) is 44.2 Å². The van der Waals surface area contributed by atoms with Crippen molar-refractivity contribution in [2.24, 2.45) is 0 Å². The number of ether oxygens (including phenoxy) is 1. The molecule has 31 heavy (non-hydrogen) atoms. The lowest BCUT2D eigenvalue weighted by Crippen LogP contribution is -2.30. The molecule has 1 fully saturated rings. The zero-order valence-electron chi connectivity index (χ0n) is 17.7. The van der Waals surface area contributed by atoms with Crippen LogP contribution in [0.15, 0.2) is 42.7 Å². The number of hydrogen-bond acceptors (Lipinski definition) is 5. The van der Waals surface area contributed by atoms with Crippen molar-refractivity contribution in [3.05, 3.63) is 48.5 Å². The van der Waals surface area contributed by atoms with Crippen molar-refractivity contribution < 1.29 is 14.6 Å². The highest BCUT2D eigenvalue weighted by atomic mass is 16.5. The Bertz CT molecular complexity index is 1260. The Kier molecular flexibility index (Phi) is 4.66. The van der Waals surface area contributed by atoms with Crippen LogP contribution in [0, 0.1) is 0 Å². The van der Waals surface area contributed by atoms with Gasteiger partial charge >= 0.3 is 0 Å². The number of amides is 1. The van der Waals surface area contributed by atoms with E-state index in [9.17, 15) is 9.90 Å². The normalized spacial score (nSPS) is 19.1. The van der Waals surface area contributed by atoms with Gasteiger partial charge in [0, 0.05) is 31.6 Å². The monoisotopic (exact) mass is 419 g/mol. The number of carbonyl (C=O) groups excluding carboxylic acids is 1. The van der Waals surface area contributed by atoms with Crippen molar-refractivity contribution in [1.82, 2.24) is 24.3 Å². The lowest BCUT2D eigenvalue weighted by atomic mass is 10.1. The van der Waals surface area contributed by atoms with Crippen molar-refractivity contribution in [2.45, 2.75) is 45.4 Å². The van der Waals surface area contributed by atoms with E-state index in [0.717, 1.165) is 39.5 Å². The fourth-order valence-electron chi connectivity index (χ4n) is 4.39. The van der Waals surface area contributed by atoms with E-state index in [-0.39, 0.29) is 18.1 Å². The second-order valence-corrected chi connectivity index (χ2v) is 8.28. The Balaban J connectivity index is 1.69. The molecule has 1 aliphatic rings. The molecule has 1 saturated heterocycles. The van der Waals surface area contributed by atoms with Crippen molar-refractivity contribution in [3.8, 4) is 17.0 Å². The molecule has 4 aromatic rings. The van der Waals surface area contributed by atoms with E-state index < -0.39 is 6.10 Å². The number of nitrogens with one attached hydrogen (secondary N) is 1. The van der Waals surface area contributed by atoms with Crippen LogP contribution in [0.4, 0.5) is 0 Å². The molecule has 0 aliphatic carbocycles. The molecule has 160 valence electrons. The third kappa shape index (κ3) is 3.33. The highest BCUT2D eigenvalue weighted by Crippen LogP contribution is 2.37. The molecule has 4 heterocycles. The first-order valence-corrected chi connectivity index (χ1v) is 10.5. The molecule has 5 rings (SSSR count). The molecule has 1 aliphatic heterocycles. The minimum absolute atomic E-state index is 0.0746. The molecule has 0 saturated carbocycles. The van der Waals surface area contributed by atoms with Crippen LogP contribution in [-0.2, 0) is 4.79 Å². The Morgan fingerprint density at radius 2 is 2.00 bits per heavy atom. The molecule has 3 aromatic heterocycles. The average molecular weight is 419 g/mol. The van der Waals surface area contributed by atoms with Crippen molar-refractivity contribution in [1.29, 1.82) is 0 Å². The Labute approximate surface area is 179 Å². The number of nitrogens with zero attached hydrogens (tertiary/aromatic N) is 4. The van der Waals surface area contributed by atoms with Crippen LogP contribution in [0.2, 0.25) is 0 Å².